The van der Waals surface area contributed by atoms with Crippen molar-refractivity contribution in [2.45, 2.75) is 192 Å². The lowest BCUT2D eigenvalue weighted by atomic mass is 9.94. The van der Waals surface area contributed by atoms with Crippen molar-refractivity contribution < 1.29 is 80.9 Å². The van der Waals surface area contributed by atoms with Gasteiger partial charge in [0, 0.05) is 49.3 Å². The van der Waals surface area contributed by atoms with Gasteiger partial charge in [0.05, 0.1) is 32.7 Å². The Hall–Kier alpha value is -4.93. The Morgan fingerprint density at radius 3 is 1.81 bits per heavy atom. The second-order valence-corrected chi connectivity index (χ2v) is 16.6. The molecule has 0 aromatic heterocycles. The number of ether oxygens (including phenoxy) is 11. The number of rotatable bonds is 28. The summed E-state index contributed by atoms with van der Waals surface area (Å²) in [6.07, 6.45) is -10.1. The number of hydrogen-bond acceptors (Lipinski definition) is 18. The third-order valence-corrected chi connectivity index (χ3v) is 11.5. The second kappa shape index (κ2) is 30.0. The molecule has 0 radical (unpaired) electrons. The van der Waals surface area contributed by atoms with E-state index >= 15 is 0 Å². The molecule has 2 amide bonds. The predicted octanol–water partition coefficient (Wildman–Crippen LogP) is 4.94. The minimum absolute atomic E-state index is 0.0171. The highest BCUT2D eigenvalue weighted by atomic mass is 16.8. The van der Waals surface area contributed by atoms with Gasteiger partial charge in [0.1, 0.15) is 48.7 Å². The molecule has 13 atom stereocenters. The molecule has 3 aliphatic heterocycles. The summed E-state index contributed by atoms with van der Waals surface area (Å²) in [5.41, 5.74) is 9.68. The first-order valence-corrected chi connectivity index (χ1v) is 24.2. The first kappa shape index (κ1) is 56.7. The minimum Gasteiger partial charge on any atom is -0.462 e. The first-order valence-electron chi connectivity index (χ1n) is 24.2. The topological polar surface area (TPSA) is 277 Å². The number of azide groups is 1. The highest BCUT2D eigenvalue weighted by Gasteiger charge is 2.55. The number of carbonyl (C=O) groups is 6. The molecule has 69 heavy (non-hydrogen) atoms. The molecule has 0 aliphatic carbocycles. The van der Waals surface area contributed by atoms with Crippen LogP contribution in [0.15, 0.2) is 35.4 Å². The molecular weight excluding hydrogens is 907 g/mol. The van der Waals surface area contributed by atoms with Gasteiger partial charge in [0.25, 0.3) is 0 Å². The zero-order valence-electron chi connectivity index (χ0n) is 40.8. The van der Waals surface area contributed by atoms with Crippen molar-refractivity contribution in [1.29, 1.82) is 0 Å². The average Bonchev–Trinajstić information content (AvgIpc) is 3.36. The Labute approximate surface area is 403 Å². The molecular formula is C47H71N5O17. The molecule has 3 fully saturated rings. The van der Waals surface area contributed by atoms with Crippen molar-refractivity contribution in [2.75, 3.05) is 33.0 Å². The smallest absolute Gasteiger partial charge is 0.305 e. The molecule has 386 valence electrons. The van der Waals surface area contributed by atoms with Gasteiger partial charge in [-0.2, -0.15) is 0 Å². The summed E-state index contributed by atoms with van der Waals surface area (Å²) in [6, 6.07) is 6.68. The fraction of sp³-hybridized carbons (Fsp3) is 0.745. The lowest BCUT2D eigenvalue weighted by Gasteiger charge is -2.49. The first-order chi connectivity index (χ1) is 33.3. The Morgan fingerprint density at radius 2 is 1.26 bits per heavy atom. The van der Waals surface area contributed by atoms with E-state index in [0.717, 1.165) is 6.42 Å². The van der Waals surface area contributed by atoms with Crippen molar-refractivity contribution in [3.05, 3.63) is 46.3 Å². The SMILES string of the molecule is CCCCO[C@@H]1C(CO[C@@H]2OC3COC(c4ccccc4)O[C@H]3C(OC(=O)CC)C2NC(=O)C[C@@H](CC)OC(=O)CC)O[C@@H](OCCN=[N+]=[N-])C(NC(=O)C[C@@H](CC)OC(=O)CC)C1OC(=O)CC. The summed E-state index contributed by atoms with van der Waals surface area (Å²) in [7, 11) is 0. The van der Waals surface area contributed by atoms with E-state index in [1.54, 1.807) is 41.5 Å². The van der Waals surface area contributed by atoms with Gasteiger partial charge in [0.2, 0.25) is 11.8 Å². The molecule has 3 aliphatic rings. The zero-order valence-corrected chi connectivity index (χ0v) is 40.8. The number of esters is 4. The Kier molecular flexibility index (Phi) is 24.6. The van der Waals surface area contributed by atoms with E-state index < -0.39 is 115 Å². The van der Waals surface area contributed by atoms with Gasteiger partial charge in [0.15, 0.2) is 31.1 Å². The molecule has 7 unspecified atom stereocenters. The molecule has 4 rings (SSSR count). The van der Waals surface area contributed by atoms with Crippen LogP contribution in [0.5, 0.6) is 0 Å². The molecule has 2 N–H and O–H groups in total. The maximum Gasteiger partial charge on any atom is 0.305 e. The fourth-order valence-electron chi connectivity index (χ4n) is 7.72. The van der Waals surface area contributed by atoms with Crippen LogP contribution in [0.1, 0.15) is 125 Å². The molecule has 1 aromatic rings. The van der Waals surface area contributed by atoms with E-state index in [-0.39, 0.29) is 71.5 Å². The minimum atomic E-state index is -1.39. The molecule has 1 aromatic carbocycles. The maximum absolute atomic E-state index is 14.0. The van der Waals surface area contributed by atoms with Crippen molar-refractivity contribution in [1.82, 2.24) is 10.6 Å². The lowest BCUT2D eigenvalue weighted by Crippen LogP contribution is -2.69. The van der Waals surface area contributed by atoms with Crippen LogP contribution in [0.4, 0.5) is 0 Å². The van der Waals surface area contributed by atoms with Crippen molar-refractivity contribution in [3.63, 3.8) is 0 Å². The Balaban J connectivity index is 1.74. The van der Waals surface area contributed by atoms with Crippen molar-refractivity contribution in [3.8, 4) is 0 Å². The summed E-state index contributed by atoms with van der Waals surface area (Å²) >= 11 is 0. The van der Waals surface area contributed by atoms with Crippen LogP contribution >= 0.6 is 0 Å². The number of unbranched alkanes of at least 4 members (excludes halogenated alkanes) is 1. The van der Waals surface area contributed by atoms with Crippen LogP contribution in [0, 0.1) is 0 Å². The largest absolute Gasteiger partial charge is 0.462 e. The van der Waals surface area contributed by atoms with E-state index in [9.17, 15) is 28.8 Å². The summed E-state index contributed by atoms with van der Waals surface area (Å²) in [5.74, 6) is -3.33. The third kappa shape index (κ3) is 17.5. The Bertz CT molecular complexity index is 1840. The van der Waals surface area contributed by atoms with Gasteiger partial charge in [-0.1, -0.05) is 90.3 Å². The normalized spacial score (nSPS) is 27.3. The van der Waals surface area contributed by atoms with Gasteiger partial charge < -0.3 is 62.7 Å². The average molecular weight is 978 g/mol. The van der Waals surface area contributed by atoms with E-state index in [0.29, 0.717) is 24.8 Å². The van der Waals surface area contributed by atoms with E-state index in [1.165, 1.54) is 0 Å². The maximum atomic E-state index is 14.0. The van der Waals surface area contributed by atoms with Crippen LogP contribution < -0.4 is 10.6 Å². The highest BCUT2D eigenvalue weighted by Crippen LogP contribution is 2.37. The molecule has 0 spiro atoms. The van der Waals surface area contributed by atoms with Gasteiger partial charge in [-0.15, -0.1) is 0 Å². The highest BCUT2D eigenvalue weighted by molar-refractivity contribution is 5.78. The van der Waals surface area contributed by atoms with Gasteiger partial charge in [-0.05, 0) is 24.8 Å². The molecule has 22 heteroatoms. The summed E-state index contributed by atoms with van der Waals surface area (Å²) < 4.78 is 67.9. The summed E-state index contributed by atoms with van der Waals surface area (Å²) in [6.45, 7) is 11.5. The van der Waals surface area contributed by atoms with E-state index in [1.807, 2.05) is 37.3 Å². The Morgan fingerprint density at radius 1 is 0.696 bits per heavy atom. The quantitative estimate of drug-likeness (QED) is 0.0281. The van der Waals surface area contributed by atoms with Crippen LogP contribution in [-0.2, 0) is 80.9 Å². The predicted molar refractivity (Wildman–Crippen MR) is 242 cm³/mol. The van der Waals surface area contributed by atoms with Crippen LogP contribution in [0.3, 0.4) is 0 Å². The number of fused-ring (bicyclic) bond motifs is 1. The van der Waals surface area contributed by atoms with Crippen molar-refractivity contribution >= 4 is 35.7 Å². The molecule has 3 saturated heterocycles. The van der Waals surface area contributed by atoms with Gasteiger partial charge in [-0.25, -0.2) is 0 Å². The number of nitrogens with one attached hydrogen (secondary N) is 2. The van der Waals surface area contributed by atoms with Crippen LogP contribution in [0.2, 0.25) is 0 Å². The third-order valence-electron chi connectivity index (χ3n) is 11.5. The zero-order chi connectivity index (χ0) is 50.3. The number of benzene rings is 1. The van der Waals surface area contributed by atoms with Crippen LogP contribution in [-0.4, -0.2) is 142 Å². The van der Waals surface area contributed by atoms with Gasteiger partial charge in [-0.3, -0.25) is 28.8 Å². The molecule has 3 heterocycles. The molecule has 0 saturated carbocycles. The lowest BCUT2D eigenvalue weighted by molar-refractivity contribution is -0.351. The van der Waals surface area contributed by atoms with Crippen molar-refractivity contribution in [2.24, 2.45) is 5.11 Å². The monoisotopic (exact) mass is 977 g/mol. The molecule has 0 bridgehead atoms. The number of hydrogen-bond donors (Lipinski definition) is 2. The summed E-state index contributed by atoms with van der Waals surface area (Å²) in [5, 5.41) is 9.35. The standard InChI is InChI=1S/C47H71N5O17/c1-8-15-22-59-41-31(65-46(60-23-21-49-52-48)39(43(41)67-37(57)13-6)50-33(53)24-29(9-2)63-35(55)11-4)26-62-47-40(51-34(54)25-30(10-3)64-36(56)12-5)44(68-38(58)14-7)42-32(66-47)27-61-45(69-42)28-19-17-16-18-20-28/h16-20,29-32,39-47H,8-15,21-27H2,1-7H3,(H,50,53)(H,51,54)/t29-,30-,31?,32?,39?,40?,41-,42-,43?,44?,45?,46-,47-/m1/s1. The number of nitrogens with zero attached hydrogens (tertiary/aromatic N) is 3. The van der Waals surface area contributed by atoms with E-state index in [2.05, 4.69) is 20.7 Å². The number of amides is 2. The van der Waals surface area contributed by atoms with E-state index in [4.69, 9.17) is 57.6 Å². The fourth-order valence-corrected chi connectivity index (χ4v) is 7.72. The molecule has 22 nitrogen and oxygen atoms in total. The summed E-state index contributed by atoms with van der Waals surface area (Å²) in [4.78, 5) is 81.4. The second-order valence-electron chi connectivity index (χ2n) is 16.6. The van der Waals surface area contributed by atoms with Crippen LogP contribution in [0.25, 0.3) is 10.4 Å². The number of carbonyl (C=O) groups excluding carboxylic acids is 6. The van der Waals surface area contributed by atoms with Gasteiger partial charge >= 0.3 is 23.9 Å².